The summed E-state index contributed by atoms with van der Waals surface area (Å²) in [4.78, 5) is 43.2. The van der Waals surface area contributed by atoms with Crippen molar-refractivity contribution in [3.05, 3.63) is 30.0 Å². The van der Waals surface area contributed by atoms with Crippen molar-refractivity contribution in [3.63, 3.8) is 0 Å². The van der Waals surface area contributed by atoms with Crippen molar-refractivity contribution in [2.45, 2.75) is 50.1 Å². The summed E-state index contributed by atoms with van der Waals surface area (Å²) in [5.74, 6) is -3.85. The Hall–Kier alpha value is -3.68. The Morgan fingerprint density at radius 2 is 2.14 bits per heavy atom. The van der Waals surface area contributed by atoms with Crippen LogP contribution < -0.4 is 15.4 Å². The number of likely N-dealkylation sites (tertiary alicyclic amines) is 1. The fourth-order valence-electron chi connectivity index (χ4n) is 5.95. The fraction of sp³-hybridized carbons (Fsp3) is 0.520. The molecule has 0 bridgehead atoms. The molecule has 3 fully saturated rings. The normalized spacial score (nSPS) is 24.7. The van der Waals surface area contributed by atoms with Crippen molar-refractivity contribution in [1.29, 1.82) is 5.26 Å². The van der Waals surface area contributed by atoms with Gasteiger partial charge >= 0.3 is 0 Å². The summed E-state index contributed by atoms with van der Waals surface area (Å²) < 4.78 is 33.1. The van der Waals surface area contributed by atoms with E-state index in [-0.39, 0.29) is 36.9 Å². The first-order chi connectivity index (χ1) is 17.1. The van der Waals surface area contributed by atoms with E-state index >= 15 is 0 Å². The molecule has 2 aromatic rings. The van der Waals surface area contributed by atoms with E-state index in [4.69, 9.17) is 4.74 Å². The zero-order chi connectivity index (χ0) is 25.7. The largest absolute Gasteiger partial charge is 0.496 e. The van der Waals surface area contributed by atoms with Crippen molar-refractivity contribution in [2.24, 2.45) is 11.3 Å². The second kappa shape index (κ2) is 8.76. The Balaban J connectivity index is 1.38. The zero-order valence-electron chi connectivity index (χ0n) is 19.8. The van der Waals surface area contributed by atoms with Crippen LogP contribution in [-0.4, -0.2) is 65.8 Å². The number of benzene rings is 1. The highest BCUT2D eigenvalue weighted by molar-refractivity contribution is 6.02. The molecular formula is C25H27F2N5O4. The number of fused-ring (bicyclic) bond motifs is 1. The van der Waals surface area contributed by atoms with Crippen LogP contribution in [0.1, 0.15) is 42.6 Å². The molecule has 1 saturated carbocycles. The predicted molar refractivity (Wildman–Crippen MR) is 124 cm³/mol. The van der Waals surface area contributed by atoms with Crippen LogP contribution in [0.15, 0.2) is 24.3 Å². The van der Waals surface area contributed by atoms with Gasteiger partial charge in [-0.15, -0.1) is 0 Å². The molecule has 1 aromatic carbocycles. The van der Waals surface area contributed by atoms with Crippen molar-refractivity contribution in [2.75, 3.05) is 20.2 Å². The minimum Gasteiger partial charge on any atom is -0.496 e. The van der Waals surface area contributed by atoms with Gasteiger partial charge in [-0.1, -0.05) is 6.07 Å². The van der Waals surface area contributed by atoms with Crippen molar-refractivity contribution in [3.8, 4) is 11.8 Å². The van der Waals surface area contributed by atoms with Gasteiger partial charge in [0.05, 0.1) is 13.2 Å². The topological polar surface area (TPSA) is 127 Å². The lowest BCUT2D eigenvalue weighted by Crippen LogP contribution is -2.49. The Labute approximate surface area is 206 Å². The number of halogens is 2. The van der Waals surface area contributed by atoms with Gasteiger partial charge in [-0.25, -0.2) is 8.78 Å². The second-order valence-electron chi connectivity index (χ2n) is 10.2. The third-order valence-electron chi connectivity index (χ3n) is 7.57. The van der Waals surface area contributed by atoms with Gasteiger partial charge in [-0.05, 0) is 37.5 Å². The average molecular weight is 500 g/mol. The standard InChI is InChI=1S/C25H27F2N5O4/c1-36-20-4-2-3-17-16(20)8-18(31-17)23(35)32-13-24(11-25(26,27)12-24)9-19(32)22(34)30-15(10-28)7-14-5-6-29-21(14)33/h2-4,8,14-15,19,31H,5-7,9,11-13H2,1H3,(H,29,33)(H,30,34). The van der Waals surface area contributed by atoms with Crippen LogP contribution in [0.25, 0.3) is 10.9 Å². The number of nitrogens with one attached hydrogen (secondary N) is 3. The summed E-state index contributed by atoms with van der Waals surface area (Å²) in [6.45, 7) is 0.542. The molecule has 190 valence electrons. The van der Waals surface area contributed by atoms with E-state index in [0.29, 0.717) is 29.6 Å². The Morgan fingerprint density at radius 3 is 2.78 bits per heavy atom. The van der Waals surface area contributed by atoms with Gasteiger partial charge in [0, 0.05) is 48.2 Å². The lowest BCUT2D eigenvalue weighted by Gasteiger charge is -2.44. The molecule has 3 N–H and O–H groups in total. The molecular weight excluding hydrogens is 472 g/mol. The number of aromatic amines is 1. The molecule has 3 amide bonds. The number of alkyl halides is 2. The van der Waals surface area contributed by atoms with Gasteiger partial charge in [-0.3, -0.25) is 14.4 Å². The van der Waals surface area contributed by atoms with Crippen molar-refractivity contribution >= 4 is 28.6 Å². The van der Waals surface area contributed by atoms with Crippen LogP contribution in [0.3, 0.4) is 0 Å². The molecule has 1 aliphatic carbocycles. The number of ether oxygens (including phenoxy) is 1. The average Bonchev–Trinajstić information content (AvgIpc) is 3.54. The second-order valence-corrected chi connectivity index (χ2v) is 10.2. The first kappa shape index (κ1) is 24.0. The van der Waals surface area contributed by atoms with Gasteiger partial charge in [0.2, 0.25) is 17.7 Å². The lowest BCUT2D eigenvalue weighted by atomic mass is 9.65. The van der Waals surface area contributed by atoms with Crippen molar-refractivity contribution < 1.29 is 27.9 Å². The smallest absolute Gasteiger partial charge is 0.271 e. The van der Waals surface area contributed by atoms with Gasteiger partial charge < -0.3 is 25.3 Å². The molecule has 1 spiro atoms. The van der Waals surface area contributed by atoms with Gasteiger partial charge in [0.15, 0.2) is 0 Å². The van der Waals surface area contributed by atoms with Gasteiger partial charge in [-0.2, -0.15) is 5.26 Å². The molecule has 36 heavy (non-hydrogen) atoms. The molecule has 3 atom stereocenters. The first-order valence-corrected chi connectivity index (χ1v) is 12.0. The maximum absolute atomic E-state index is 13.9. The van der Waals surface area contributed by atoms with Gasteiger partial charge in [0.25, 0.3) is 5.91 Å². The number of aromatic nitrogens is 1. The molecule has 1 aromatic heterocycles. The number of carbonyl (C=O) groups excluding carboxylic acids is 3. The summed E-state index contributed by atoms with van der Waals surface area (Å²) in [5, 5.41) is 15.6. The predicted octanol–water partition coefficient (Wildman–Crippen LogP) is 2.34. The number of hydrogen-bond acceptors (Lipinski definition) is 5. The summed E-state index contributed by atoms with van der Waals surface area (Å²) in [6, 6.07) is 7.03. The highest BCUT2D eigenvalue weighted by Gasteiger charge is 2.62. The lowest BCUT2D eigenvalue weighted by molar-refractivity contribution is -0.155. The molecule has 0 radical (unpaired) electrons. The molecule has 2 aliphatic heterocycles. The fourth-order valence-corrected chi connectivity index (χ4v) is 5.95. The quantitative estimate of drug-likeness (QED) is 0.562. The highest BCUT2D eigenvalue weighted by Crippen LogP contribution is 2.58. The minimum atomic E-state index is -2.82. The summed E-state index contributed by atoms with van der Waals surface area (Å²) in [5.41, 5.74) is 0.0373. The Bertz CT molecular complexity index is 1260. The summed E-state index contributed by atoms with van der Waals surface area (Å²) in [7, 11) is 1.52. The minimum absolute atomic E-state index is 0.0221. The van der Waals surface area contributed by atoms with E-state index in [9.17, 15) is 28.4 Å². The Morgan fingerprint density at radius 1 is 1.36 bits per heavy atom. The monoisotopic (exact) mass is 499 g/mol. The number of rotatable bonds is 6. The van der Waals surface area contributed by atoms with Crippen LogP contribution in [0.2, 0.25) is 0 Å². The molecule has 11 heteroatoms. The molecule has 3 unspecified atom stereocenters. The highest BCUT2D eigenvalue weighted by atomic mass is 19.3. The van der Waals surface area contributed by atoms with Crippen LogP contribution in [0.4, 0.5) is 8.78 Å². The molecule has 3 heterocycles. The van der Waals surface area contributed by atoms with E-state index < -0.39 is 48.1 Å². The van der Waals surface area contributed by atoms with Crippen LogP contribution >= 0.6 is 0 Å². The number of H-pyrrole nitrogens is 1. The SMILES string of the molecule is COc1cccc2[nH]c(C(=O)N3CC4(CC3C(=O)NC(C#N)CC3CCNC3=O)CC(F)(F)C4)cc12. The Kier molecular flexibility index (Phi) is 5.85. The number of carbonyl (C=O) groups is 3. The van der Waals surface area contributed by atoms with Crippen molar-refractivity contribution in [1.82, 2.24) is 20.5 Å². The zero-order valence-corrected chi connectivity index (χ0v) is 19.8. The summed E-state index contributed by atoms with van der Waals surface area (Å²) >= 11 is 0. The molecule has 2 saturated heterocycles. The van der Waals surface area contributed by atoms with E-state index in [1.54, 1.807) is 24.3 Å². The van der Waals surface area contributed by atoms with Gasteiger partial charge in [0.1, 0.15) is 23.5 Å². The number of amides is 3. The van der Waals surface area contributed by atoms with E-state index in [0.717, 1.165) is 0 Å². The van der Waals surface area contributed by atoms with Crippen LogP contribution in [0.5, 0.6) is 5.75 Å². The number of nitrogens with zero attached hydrogens (tertiary/aromatic N) is 2. The van der Waals surface area contributed by atoms with E-state index in [1.807, 2.05) is 6.07 Å². The number of methoxy groups -OCH3 is 1. The number of nitriles is 1. The molecule has 3 aliphatic rings. The van der Waals surface area contributed by atoms with Crippen LogP contribution in [-0.2, 0) is 9.59 Å². The van der Waals surface area contributed by atoms with Crippen LogP contribution in [0, 0.1) is 22.7 Å². The third-order valence-corrected chi connectivity index (χ3v) is 7.57. The maximum atomic E-state index is 13.9. The first-order valence-electron chi connectivity index (χ1n) is 12.0. The number of hydrogen-bond donors (Lipinski definition) is 3. The third kappa shape index (κ3) is 4.25. The maximum Gasteiger partial charge on any atom is 0.271 e. The summed E-state index contributed by atoms with van der Waals surface area (Å²) in [6.07, 6.45) is 0.0323. The molecule has 5 rings (SSSR count). The molecule has 9 nitrogen and oxygen atoms in total. The van der Waals surface area contributed by atoms with E-state index in [2.05, 4.69) is 15.6 Å². The van der Waals surface area contributed by atoms with E-state index in [1.165, 1.54) is 12.0 Å².